The number of benzene rings is 1. The lowest BCUT2D eigenvalue weighted by Crippen LogP contribution is -2.39. The van der Waals surface area contributed by atoms with E-state index in [1.807, 2.05) is 31.2 Å². The average molecular weight is 310 g/mol. The van der Waals surface area contributed by atoms with Crippen LogP contribution in [0.3, 0.4) is 0 Å². The maximum atomic E-state index is 10.6. The van der Waals surface area contributed by atoms with Crippen molar-refractivity contribution >= 4 is 31.4 Å². The van der Waals surface area contributed by atoms with E-state index in [9.17, 15) is 4.79 Å². The largest absolute Gasteiger partial charge is 0.465 e. The first kappa shape index (κ1) is 16.7. The third kappa shape index (κ3) is 5.71. The van der Waals surface area contributed by atoms with Gasteiger partial charge in [-0.25, -0.2) is 4.79 Å². The molecule has 0 saturated heterocycles. The normalized spacial score (nSPS) is 12.6. The molecule has 0 aliphatic rings. The smallest absolute Gasteiger partial charge is 0.405 e. The summed E-state index contributed by atoms with van der Waals surface area (Å²) in [6.07, 6.45) is -0.0706. The summed E-state index contributed by atoms with van der Waals surface area (Å²) in [7, 11) is -1.17. The van der Waals surface area contributed by atoms with E-state index in [0.29, 0.717) is 0 Å². The molecule has 1 rings (SSSR count). The molecule has 1 amide bonds. The molecular formula is C14H22N2O2SSi. The zero-order chi connectivity index (χ0) is 15.3. The van der Waals surface area contributed by atoms with Gasteiger partial charge in [0.25, 0.3) is 0 Å². The van der Waals surface area contributed by atoms with Crippen LogP contribution in [0, 0.1) is 0 Å². The third-order valence-electron chi connectivity index (χ3n) is 2.79. The van der Waals surface area contributed by atoms with Gasteiger partial charge in [-0.05, 0) is 12.5 Å². The van der Waals surface area contributed by atoms with Crippen molar-refractivity contribution in [2.24, 2.45) is 0 Å². The molecule has 0 bridgehead atoms. The molecule has 3 N–H and O–H groups in total. The van der Waals surface area contributed by atoms with Gasteiger partial charge in [0.05, 0.1) is 14.1 Å². The van der Waals surface area contributed by atoms with E-state index < -0.39 is 14.2 Å². The lowest BCUT2D eigenvalue weighted by atomic mass is 10.1. The summed E-state index contributed by atoms with van der Waals surface area (Å²) < 4.78 is 0. The Morgan fingerprint density at radius 3 is 2.30 bits per heavy atom. The Bertz CT molecular complexity index is 483. The van der Waals surface area contributed by atoms with E-state index in [2.05, 4.69) is 30.3 Å². The zero-order valence-electron chi connectivity index (χ0n) is 12.4. The topological polar surface area (TPSA) is 61.4 Å². The fraction of sp³-hybridized carbons (Fsp3) is 0.429. The molecule has 6 heteroatoms. The monoisotopic (exact) mass is 310 g/mol. The highest BCUT2D eigenvalue weighted by atomic mass is 32.1. The summed E-state index contributed by atoms with van der Waals surface area (Å²) in [5, 5.41) is 14.4. The predicted octanol–water partition coefficient (Wildman–Crippen LogP) is 3.16. The first-order chi connectivity index (χ1) is 9.19. The quantitative estimate of drug-likeness (QED) is 0.577. The number of thiocarbonyl (C=S) groups is 1. The van der Waals surface area contributed by atoms with Crippen LogP contribution in [0.4, 0.5) is 4.79 Å². The van der Waals surface area contributed by atoms with Gasteiger partial charge in [0, 0.05) is 11.7 Å². The SMILES string of the molecule is C[C@H](NC(=O)O)c1ccc(C(=S)NC[Si](C)(C)C)cc1. The van der Waals surface area contributed by atoms with E-state index in [0.717, 1.165) is 22.3 Å². The predicted molar refractivity (Wildman–Crippen MR) is 89.1 cm³/mol. The molecule has 0 saturated carbocycles. The number of carboxylic acid groups (broad SMARTS) is 1. The highest BCUT2D eigenvalue weighted by Crippen LogP contribution is 2.13. The molecule has 1 aromatic carbocycles. The second-order valence-corrected chi connectivity index (χ2v) is 11.9. The molecule has 110 valence electrons. The molecule has 1 aromatic rings. The van der Waals surface area contributed by atoms with Gasteiger partial charge in [0.15, 0.2) is 0 Å². The van der Waals surface area contributed by atoms with Crippen LogP contribution in [0.2, 0.25) is 19.6 Å². The molecule has 1 atom stereocenters. The Balaban J connectivity index is 2.66. The van der Waals surface area contributed by atoms with Gasteiger partial charge in [0.1, 0.15) is 4.99 Å². The number of rotatable bonds is 5. The van der Waals surface area contributed by atoms with E-state index in [4.69, 9.17) is 17.3 Å². The molecule has 0 fully saturated rings. The van der Waals surface area contributed by atoms with E-state index in [1.54, 1.807) is 0 Å². The summed E-state index contributed by atoms with van der Waals surface area (Å²) in [5.74, 6) is 0. The minimum atomic E-state index is -1.17. The summed E-state index contributed by atoms with van der Waals surface area (Å²) in [6, 6.07) is 7.42. The number of amides is 1. The standard InChI is InChI=1S/C14H22N2O2SSi/c1-10(16-14(17)18)11-5-7-12(8-6-11)13(19)15-9-20(2,3)4/h5-8,10,16H,9H2,1-4H3,(H,15,19)(H,17,18)/t10-/m0/s1. The third-order valence-corrected chi connectivity index (χ3v) is 4.41. The molecule has 0 heterocycles. The van der Waals surface area contributed by atoms with Crippen LogP contribution in [0.1, 0.15) is 24.1 Å². The van der Waals surface area contributed by atoms with Crippen LogP contribution in [-0.4, -0.2) is 30.4 Å². The fourth-order valence-corrected chi connectivity index (χ4v) is 2.68. The van der Waals surface area contributed by atoms with Crippen molar-refractivity contribution in [2.45, 2.75) is 32.6 Å². The van der Waals surface area contributed by atoms with Crippen molar-refractivity contribution in [3.05, 3.63) is 35.4 Å². The van der Waals surface area contributed by atoms with Gasteiger partial charge in [-0.3, -0.25) is 0 Å². The van der Waals surface area contributed by atoms with Crippen LogP contribution in [0.25, 0.3) is 0 Å². The molecule has 20 heavy (non-hydrogen) atoms. The van der Waals surface area contributed by atoms with E-state index in [-0.39, 0.29) is 6.04 Å². The van der Waals surface area contributed by atoms with Crippen molar-refractivity contribution < 1.29 is 9.90 Å². The highest BCUT2D eigenvalue weighted by molar-refractivity contribution is 7.80. The Kier molecular flexibility index (Phi) is 5.70. The Labute approximate surface area is 126 Å². The van der Waals surface area contributed by atoms with Crippen LogP contribution >= 0.6 is 12.2 Å². The minimum absolute atomic E-state index is 0.231. The average Bonchev–Trinajstić information content (AvgIpc) is 2.34. The lowest BCUT2D eigenvalue weighted by molar-refractivity contribution is 0.191. The summed E-state index contributed by atoms with van der Waals surface area (Å²) in [4.78, 5) is 11.3. The maximum Gasteiger partial charge on any atom is 0.405 e. The Morgan fingerprint density at radius 2 is 1.85 bits per heavy atom. The molecule has 4 nitrogen and oxygen atoms in total. The van der Waals surface area contributed by atoms with Gasteiger partial charge < -0.3 is 15.7 Å². The van der Waals surface area contributed by atoms with E-state index in [1.165, 1.54) is 0 Å². The first-order valence-corrected chi connectivity index (χ1v) is 10.7. The van der Waals surface area contributed by atoms with Crippen LogP contribution in [-0.2, 0) is 0 Å². The number of hydrogen-bond acceptors (Lipinski definition) is 2. The van der Waals surface area contributed by atoms with Crippen molar-refractivity contribution in [3.63, 3.8) is 0 Å². The van der Waals surface area contributed by atoms with Crippen molar-refractivity contribution in [1.29, 1.82) is 0 Å². The maximum absolute atomic E-state index is 10.6. The van der Waals surface area contributed by atoms with Gasteiger partial charge >= 0.3 is 6.09 Å². The lowest BCUT2D eigenvalue weighted by Gasteiger charge is -2.18. The summed E-state index contributed by atoms with van der Waals surface area (Å²) in [5.41, 5.74) is 1.88. The molecule has 0 aromatic heterocycles. The van der Waals surface area contributed by atoms with Crippen molar-refractivity contribution in [2.75, 3.05) is 6.17 Å². The first-order valence-electron chi connectivity index (χ1n) is 6.57. The fourth-order valence-electron chi connectivity index (χ4n) is 1.64. The second-order valence-electron chi connectivity index (χ2n) is 6.04. The number of nitrogens with one attached hydrogen (secondary N) is 2. The summed E-state index contributed by atoms with van der Waals surface area (Å²) in [6.45, 7) is 8.66. The van der Waals surface area contributed by atoms with Crippen molar-refractivity contribution in [3.8, 4) is 0 Å². The second kappa shape index (κ2) is 6.85. The molecule has 0 spiro atoms. The van der Waals surface area contributed by atoms with Gasteiger partial charge in [0.2, 0.25) is 0 Å². The van der Waals surface area contributed by atoms with Crippen LogP contribution in [0.15, 0.2) is 24.3 Å². The molecule has 0 unspecified atom stereocenters. The minimum Gasteiger partial charge on any atom is -0.465 e. The molecule has 0 aliphatic heterocycles. The summed E-state index contributed by atoms with van der Waals surface area (Å²) >= 11 is 5.37. The number of carbonyl (C=O) groups is 1. The van der Waals surface area contributed by atoms with Gasteiger partial charge in [-0.1, -0.05) is 56.1 Å². The van der Waals surface area contributed by atoms with Crippen LogP contribution < -0.4 is 10.6 Å². The van der Waals surface area contributed by atoms with Crippen molar-refractivity contribution in [1.82, 2.24) is 10.6 Å². The van der Waals surface area contributed by atoms with Crippen LogP contribution in [0.5, 0.6) is 0 Å². The molecule has 0 radical (unpaired) electrons. The van der Waals surface area contributed by atoms with Gasteiger partial charge in [-0.2, -0.15) is 0 Å². The number of hydrogen-bond donors (Lipinski definition) is 3. The zero-order valence-corrected chi connectivity index (χ0v) is 14.2. The Morgan fingerprint density at radius 1 is 1.30 bits per heavy atom. The Hall–Kier alpha value is -1.40. The van der Waals surface area contributed by atoms with Gasteiger partial charge in [-0.15, -0.1) is 0 Å². The molecular weight excluding hydrogens is 288 g/mol. The van der Waals surface area contributed by atoms with E-state index >= 15 is 0 Å². The molecule has 0 aliphatic carbocycles. The highest BCUT2D eigenvalue weighted by Gasteiger charge is 2.14.